The number of aryl methyl sites for hydroxylation is 2. The molecule has 7 heteroatoms. The van der Waals surface area contributed by atoms with Crippen LogP contribution in [-0.2, 0) is 22.4 Å². The zero-order valence-electron chi connectivity index (χ0n) is 13.2. The van der Waals surface area contributed by atoms with Crippen LogP contribution in [0, 0.1) is 18.3 Å². The van der Waals surface area contributed by atoms with Gasteiger partial charge in [0, 0.05) is 21.3 Å². The number of rotatable bonds is 5. The second kappa shape index (κ2) is 7.24. The monoisotopic (exact) mass is 360 g/mol. The normalized spacial score (nSPS) is 14.5. The van der Waals surface area contributed by atoms with E-state index in [2.05, 4.69) is 4.98 Å². The number of Topliss-reactive ketones (excluding diaryl/α,β-unsaturated/α-hetero) is 1. The Morgan fingerprint density at radius 2 is 2.12 bits per heavy atom. The smallest absolute Gasteiger partial charge is 0.339 e. The number of thiazole rings is 1. The molecule has 1 atom stereocenters. The molecule has 0 aliphatic heterocycles. The fraction of sp³-hybridized carbons (Fsp3) is 0.412. The van der Waals surface area contributed by atoms with E-state index in [0.717, 1.165) is 36.9 Å². The molecule has 0 saturated carbocycles. The molecule has 2 aromatic rings. The molecule has 0 aromatic carbocycles. The lowest BCUT2D eigenvalue weighted by Crippen LogP contribution is -2.20. The minimum absolute atomic E-state index is 0.402. The van der Waals surface area contributed by atoms with Crippen molar-refractivity contribution in [1.29, 1.82) is 5.26 Å². The molecule has 1 aliphatic rings. The van der Waals surface area contributed by atoms with Crippen molar-refractivity contribution in [2.24, 2.45) is 0 Å². The van der Waals surface area contributed by atoms with E-state index in [0.29, 0.717) is 10.6 Å². The zero-order valence-corrected chi connectivity index (χ0v) is 14.8. The lowest BCUT2D eigenvalue weighted by atomic mass is 9.96. The molecule has 0 fully saturated rings. The van der Waals surface area contributed by atoms with Crippen LogP contribution in [0.5, 0.6) is 0 Å². The van der Waals surface area contributed by atoms with Gasteiger partial charge in [0.2, 0.25) is 0 Å². The third-order valence-corrected chi connectivity index (χ3v) is 6.08. The standard InChI is InChI=1S/C17H16N2O3S2/c1-10-8-24-16(19-10)12(6-18)14(20)7-22-17(21)13-9-23-15-5-3-2-4-11(13)15/h8-9,12H,2-5,7H2,1H3/t12-/m0/s1. The maximum atomic E-state index is 12.3. The number of carbonyl (C=O) groups is 2. The summed E-state index contributed by atoms with van der Waals surface area (Å²) in [6.45, 7) is 1.40. The van der Waals surface area contributed by atoms with Crippen LogP contribution in [0.3, 0.4) is 0 Å². The summed E-state index contributed by atoms with van der Waals surface area (Å²) in [5, 5.41) is 13.3. The maximum absolute atomic E-state index is 12.3. The van der Waals surface area contributed by atoms with Gasteiger partial charge in [-0.1, -0.05) is 0 Å². The number of nitriles is 1. The summed E-state index contributed by atoms with van der Waals surface area (Å²) in [7, 11) is 0. The zero-order chi connectivity index (χ0) is 17.1. The number of hydrogen-bond donors (Lipinski definition) is 0. The summed E-state index contributed by atoms with van der Waals surface area (Å²) in [5.74, 6) is -1.90. The molecular formula is C17H16N2O3S2. The average Bonchev–Trinajstić information content (AvgIpc) is 3.20. The van der Waals surface area contributed by atoms with Crippen molar-refractivity contribution >= 4 is 34.4 Å². The van der Waals surface area contributed by atoms with Crippen LogP contribution in [0.15, 0.2) is 10.8 Å². The highest BCUT2D eigenvalue weighted by molar-refractivity contribution is 7.10. The van der Waals surface area contributed by atoms with Crippen molar-refractivity contribution in [3.8, 4) is 6.07 Å². The SMILES string of the molecule is Cc1csc([C@@H](C#N)C(=O)COC(=O)c2csc3c2CCCC3)n1. The Balaban J connectivity index is 1.64. The van der Waals surface area contributed by atoms with E-state index in [4.69, 9.17) is 4.74 Å². The van der Waals surface area contributed by atoms with Crippen molar-refractivity contribution in [2.45, 2.75) is 38.5 Å². The summed E-state index contributed by atoms with van der Waals surface area (Å²) < 4.78 is 5.17. The minimum atomic E-state index is -0.979. The first-order valence-corrected chi connectivity index (χ1v) is 9.46. The summed E-state index contributed by atoms with van der Waals surface area (Å²) in [5.41, 5.74) is 2.40. The molecule has 124 valence electrons. The molecule has 24 heavy (non-hydrogen) atoms. The highest BCUT2D eigenvalue weighted by Crippen LogP contribution is 2.30. The maximum Gasteiger partial charge on any atom is 0.339 e. The predicted molar refractivity (Wildman–Crippen MR) is 91.5 cm³/mol. The largest absolute Gasteiger partial charge is 0.454 e. The Morgan fingerprint density at radius 3 is 2.83 bits per heavy atom. The van der Waals surface area contributed by atoms with Gasteiger partial charge in [0.15, 0.2) is 18.3 Å². The van der Waals surface area contributed by atoms with E-state index in [9.17, 15) is 14.9 Å². The Kier molecular flexibility index (Phi) is 5.07. The first kappa shape index (κ1) is 16.8. The number of nitrogens with zero attached hydrogens (tertiary/aromatic N) is 2. The van der Waals surface area contributed by atoms with Crippen LogP contribution < -0.4 is 0 Å². The molecular weight excluding hydrogens is 344 g/mol. The summed E-state index contributed by atoms with van der Waals surface area (Å²) in [4.78, 5) is 29.9. The van der Waals surface area contributed by atoms with Crippen LogP contribution in [0.1, 0.15) is 50.3 Å². The Morgan fingerprint density at radius 1 is 1.33 bits per heavy atom. The van der Waals surface area contributed by atoms with Crippen molar-refractivity contribution in [1.82, 2.24) is 4.98 Å². The van der Waals surface area contributed by atoms with Gasteiger partial charge in [-0.25, -0.2) is 9.78 Å². The fourth-order valence-corrected chi connectivity index (χ4v) is 4.71. The second-order valence-corrected chi connectivity index (χ2v) is 7.54. The molecule has 3 rings (SSSR count). The van der Waals surface area contributed by atoms with Crippen molar-refractivity contribution < 1.29 is 14.3 Å². The van der Waals surface area contributed by atoms with Gasteiger partial charge in [0.05, 0.1) is 11.6 Å². The number of esters is 1. The molecule has 2 heterocycles. The molecule has 5 nitrogen and oxygen atoms in total. The van der Waals surface area contributed by atoms with E-state index >= 15 is 0 Å². The highest BCUT2D eigenvalue weighted by atomic mass is 32.1. The summed E-state index contributed by atoms with van der Waals surface area (Å²) >= 11 is 2.85. The third-order valence-electron chi connectivity index (χ3n) is 3.96. The molecule has 0 N–H and O–H groups in total. The van der Waals surface area contributed by atoms with E-state index in [1.807, 2.05) is 11.4 Å². The molecule has 0 spiro atoms. The van der Waals surface area contributed by atoms with Crippen molar-refractivity contribution in [3.63, 3.8) is 0 Å². The quantitative estimate of drug-likeness (QED) is 0.763. The number of carbonyl (C=O) groups excluding carboxylic acids is 2. The Labute approximate surface area is 147 Å². The summed E-state index contributed by atoms with van der Waals surface area (Å²) in [6.07, 6.45) is 4.11. The molecule has 0 amide bonds. The highest BCUT2D eigenvalue weighted by Gasteiger charge is 2.26. The van der Waals surface area contributed by atoms with Crippen LogP contribution >= 0.6 is 22.7 Å². The van der Waals surface area contributed by atoms with Gasteiger partial charge in [-0.15, -0.1) is 22.7 Å². The Hall–Kier alpha value is -2.04. The number of fused-ring (bicyclic) bond motifs is 1. The lowest BCUT2D eigenvalue weighted by Gasteiger charge is -2.12. The number of aromatic nitrogens is 1. The third kappa shape index (κ3) is 3.40. The number of thiophene rings is 1. The van der Waals surface area contributed by atoms with E-state index in [-0.39, 0.29) is 0 Å². The first-order valence-electron chi connectivity index (χ1n) is 7.71. The molecule has 0 bridgehead atoms. The van der Waals surface area contributed by atoms with Gasteiger partial charge in [-0.3, -0.25) is 4.79 Å². The van der Waals surface area contributed by atoms with Gasteiger partial charge in [-0.05, 0) is 38.2 Å². The number of ether oxygens (including phenoxy) is 1. The van der Waals surface area contributed by atoms with Crippen LogP contribution in [0.25, 0.3) is 0 Å². The van der Waals surface area contributed by atoms with E-state index in [1.54, 1.807) is 23.6 Å². The number of ketones is 1. The number of hydrogen-bond acceptors (Lipinski definition) is 7. The minimum Gasteiger partial charge on any atom is -0.454 e. The van der Waals surface area contributed by atoms with Gasteiger partial charge in [0.1, 0.15) is 5.01 Å². The summed E-state index contributed by atoms with van der Waals surface area (Å²) in [6, 6.07) is 1.95. The van der Waals surface area contributed by atoms with Crippen LogP contribution in [0.2, 0.25) is 0 Å². The van der Waals surface area contributed by atoms with Crippen LogP contribution in [0.4, 0.5) is 0 Å². The van der Waals surface area contributed by atoms with Gasteiger partial charge in [-0.2, -0.15) is 5.26 Å². The van der Waals surface area contributed by atoms with Gasteiger partial charge in [0.25, 0.3) is 0 Å². The molecule has 2 aromatic heterocycles. The van der Waals surface area contributed by atoms with Gasteiger partial charge < -0.3 is 4.74 Å². The van der Waals surface area contributed by atoms with Gasteiger partial charge >= 0.3 is 5.97 Å². The lowest BCUT2D eigenvalue weighted by molar-refractivity contribution is -0.122. The Bertz CT molecular complexity index is 816. The topological polar surface area (TPSA) is 80.0 Å². The molecule has 0 saturated heterocycles. The van der Waals surface area contributed by atoms with Crippen molar-refractivity contribution in [3.05, 3.63) is 37.5 Å². The molecule has 0 radical (unpaired) electrons. The average molecular weight is 360 g/mol. The first-order chi connectivity index (χ1) is 11.6. The van der Waals surface area contributed by atoms with E-state index in [1.165, 1.54) is 16.2 Å². The molecule has 0 unspecified atom stereocenters. The second-order valence-electron chi connectivity index (χ2n) is 5.69. The van der Waals surface area contributed by atoms with Crippen molar-refractivity contribution in [2.75, 3.05) is 6.61 Å². The van der Waals surface area contributed by atoms with E-state index < -0.39 is 24.3 Å². The predicted octanol–water partition coefficient (Wildman–Crippen LogP) is 3.43. The van der Waals surface area contributed by atoms with Crippen LogP contribution in [-0.4, -0.2) is 23.3 Å². The molecule has 1 aliphatic carbocycles. The fourth-order valence-electron chi connectivity index (χ4n) is 2.73.